The van der Waals surface area contributed by atoms with E-state index in [1.807, 2.05) is 6.92 Å². The molecule has 3 rings (SSSR count). The van der Waals surface area contributed by atoms with Crippen LogP contribution in [0.2, 0.25) is 0 Å². The van der Waals surface area contributed by atoms with Crippen molar-refractivity contribution < 1.29 is 18.0 Å². The van der Waals surface area contributed by atoms with Gasteiger partial charge < -0.3 is 15.1 Å². The van der Waals surface area contributed by atoms with Gasteiger partial charge in [-0.05, 0) is 33.0 Å². The molecule has 1 aromatic heterocycles. The number of aromatic nitrogens is 2. The molecule has 2 aromatic rings. The minimum Gasteiger partial charge on any atom is -0.368 e. The molecule has 1 N–H and O–H groups in total. The van der Waals surface area contributed by atoms with Crippen molar-refractivity contribution in [3.05, 3.63) is 46.8 Å². The van der Waals surface area contributed by atoms with E-state index in [-0.39, 0.29) is 24.6 Å². The van der Waals surface area contributed by atoms with E-state index in [1.165, 1.54) is 17.2 Å². The Morgan fingerprint density at radius 1 is 1.10 bits per heavy atom. The summed E-state index contributed by atoms with van der Waals surface area (Å²) in [5, 5.41) is 6.55. The molecule has 0 bridgehead atoms. The molecule has 9 heteroatoms. The molecular formula is C20H26F3N5O. The van der Waals surface area contributed by atoms with Crippen molar-refractivity contribution in [3.8, 4) is 0 Å². The summed E-state index contributed by atoms with van der Waals surface area (Å²) >= 11 is 0. The van der Waals surface area contributed by atoms with Crippen LogP contribution in [0.4, 0.5) is 18.9 Å². The van der Waals surface area contributed by atoms with Crippen LogP contribution in [0, 0.1) is 13.8 Å². The summed E-state index contributed by atoms with van der Waals surface area (Å²) in [7, 11) is 1.65. The number of carbonyl (C=O) groups is 1. The van der Waals surface area contributed by atoms with Gasteiger partial charge in [0.15, 0.2) is 5.69 Å². The molecule has 2 heterocycles. The maximum Gasteiger partial charge on any atom is 0.435 e. The summed E-state index contributed by atoms with van der Waals surface area (Å²) in [6.07, 6.45) is -4.54. The topological polar surface area (TPSA) is 53.4 Å². The van der Waals surface area contributed by atoms with Crippen LogP contribution >= 0.6 is 0 Å². The highest BCUT2D eigenvalue weighted by Gasteiger charge is 2.38. The SMILES string of the molecule is CNCc1c(C)c(C(F)(F)F)nn1CC(=O)N1CCN(c2ccc(C)cc2)CC1. The summed E-state index contributed by atoms with van der Waals surface area (Å²) in [4.78, 5) is 16.6. The molecule has 0 saturated carbocycles. The van der Waals surface area contributed by atoms with Crippen molar-refractivity contribution in [1.82, 2.24) is 20.0 Å². The molecule has 1 aliphatic heterocycles. The van der Waals surface area contributed by atoms with E-state index in [0.29, 0.717) is 31.9 Å². The summed E-state index contributed by atoms with van der Waals surface area (Å²) < 4.78 is 40.8. The molecule has 0 unspecified atom stereocenters. The first kappa shape index (κ1) is 21.2. The van der Waals surface area contributed by atoms with Crippen LogP contribution in [-0.4, -0.2) is 53.8 Å². The number of alkyl halides is 3. The fourth-order valence-electron chi connectivity index (χ4n) is 3.58. The third-order valence-corrected chi connectivity index (χ3v) is 5.25. The Bertz CT molecular complexity index is 852. The van der Waals surface area contributed by atoms with E-state index in [1.54, 1.807) is 11.9 Å². The lowest BCUT2D eigenvalue weighted by Crippen LogP contribution is -2.49. The zero-order chi connectivity index (χ0) is 21.2. The van der Waals surface area contributed by atoms with Crippen LogP contribution in [0.1, 0.15) is 22.5 Å². The number of nitrogens with one attached hydrogen (secondary N) is 1. The van der Waals surface area contributed by atoms with Gasteiger partial charge in [0, 0.05) is 44.0 Å². The Balaban J connectivity index is 1.67. The Morgan fingerprint density at radius 2 is 1.72 bits per heavy atom. The molecule has 1 amide bonds. The molecule has 29 heavy (non-hydrogen) atoms. The maximum atomic E-state index is 13.2. The van der Waals surface area contributed by atoms with Gasteiger partial charge in [0.1, 0.15) is 6.54 Å². The van der Waals surface area contributed by atoms with E-state index in [2.05, 4.69) is 39.6 Å². The fraction of sp³-hybridized carbons (Fsp3) is 0.500. The average Bonchev–Trinajstić information content (AvgIpc) is 2.99. The molecule has 0 aliphatic carbocycles. The van der Waals surface area contributed by atoms with Gasteiger partial charge in [-0.3, -0.25) is 9.48 Å². The van der Waals surface area contributed by atoms with Crippen LogP contribution < -0.4 is 10.2 Å². The number of anilines is 1. The van der Waals surface area contributed by atoms with Gasteiger partial charge in [-0.15, -0.1) is 0 Å². The third-order valence-electron chi connectivity index (χ3n) is 5.25. The lowest BCUT2D eigenvalue weighted by molar-refractivity contribution is -0.142. The van der Waals surface area contributed by atoms with Crippen molar-refractivity contribution in [3.63, 3.8) is 0 Å². The second-order valence-electron chi connectivity index (χ2n) is 7.31. The van der Waals surface area contributed by atoms with E-state index >= 15 is 0 Å². The number of benzene rings is 1. The molecule has 1 fully saturated rings. The first-order valence-electron chi connectivity index (χ1n) is 9.58. The molecule has 1 aliphatic rings. The second-order valence-corrected chi connectivity index (χ2v) is 7.31. The Hall–Kier alpha value is -2.55. The summed E-state index contributed by atoms with van der Waals surface area (Å²) in [5.74, 6) is -0.220. The van der Waals surface area contributed by atoms with Gasteiger partial charge in [-0.25, -0.2) is 0 Å². The van der Waals surface area contributed by atoms with Gasteiger partial charge >= 0.3 is 6.18 Å². The molecule has 1 saturated heterocycles. The van der Waals surface area contributed by atoms with Crippen LogP contribution in [0.3, 0.4) is 0 Å². The number of amides is 1. The zero-order valence-electron chi connectivity index (χ0n) is 16.9. The van der Waals surface area contributed by atoms with Crippen molar-refractivity contribution in [1.29, 1.82) is 0 Å². The molecule has 1 aromatic carbocycles. The first-order valence-corrected chi connectivity index (χ1v) is 9.58. The fourth-order valence-corrected chi connectivity index (χ4v) is 3.58. The number of aryl methyl sites for hydroxylation is 1. The van der Waals surface area contributed by atoms with Crippen molar-refractivity contribution in [2.75, 3.05) is 38.1 Å². The number of halogens is 3. The number of carbonyl (C=O) groups excluding carboxylic acids is 1. The highest BCUT2D eigenvalue weighted by molar-refractivity contribution is 5.76. The normalized spacial score (nSPS) is 15.1. The van der Waals surface area contributed by atoms with Crippen molar-refractivity contribution in [2.45, 2.75) is 33.1 Å². The highest BCUT2D eigenvalue weighted by atomic mass is 19.4. The maximum absolute atomic E-state index is 13.2. The lowest BCUT2D eigenvalue weighted by atomic mass is 10.2. The third kappa shape index (κ3) is 4.72. The number of hydrogen-bond donors (Lipinski definition) is 1. The standard InChI is InChI=1S/C20H26F3N5O/c1-14-4-6-16(7-5-14)26-8-10-27(11-9-26)18(29)13-28-17(12-24-3)15(2)19(25-28)20(21,22)23/h4-7,24H,8-13H2,1-3H3. The van der Waals surface area contributed by atoms with Crippen LogP contribution in [0.5, 0.6) is 0 Å². The molecule has 0 radical (unpaired) electrons. The number of rotatable bonds is 5. The zero-order valence-corrected chi connectivity index (χ0v) is 16.9. The average molecular weight is 409 g/mol. The van der Waals surface area contributed by atoms with Crippen LogP contribution in [-0.2, 0) is 24.1 Å². The second kappa shape index (κ2) is 8.44. The molecule has 0 atom stereocenters. The van der Waals surface area contributed by atoms with Crippen molar-refractivity contribution in [2.24, 2.45) is 0 Å². The quantitative estimate of drug-likeness (QED) is 0.825. The number of hydrogen-bond acceptors (Lipinski definition) is 4. The van der Waals surface area contributed by atoms with Crippen LogP contribution in [0.15, 0.2) is 24.3 Å². The Morgan fingerprint density at radius 3 is 2.28 bits per heavy atom. The van der Waals surface area contributed by atoms with Gasteiger partial charge in [0.05, 0.1) is 5.69 Å². The van der Waals surface area contributed by atoms with Gasteiger partial charge in [-0.1, -0.05) is 17.7 Å². The van der Waals surface area contributed by atoms with Crippen LogP contribution in [0.25, 0.3) is 0 Å². The van der Waals surface area contributed by atoms with Crippen molar-refractivity contribution >= 4 is 11.6 Å². The number of piperazine rings is 1. The molecular weight excluding hydrogens is 383 g/mol. The molecule has 158 valence electrons. The number of nitrogens with zero attached hydrogens (tertiary/aromatic N) is 4. The summed E-state index contributed by atoms with van der Waals surface area (Å²) in [6, 6.07) is 8.22. The minimum absolute atomic E-state index is 0.0591. The van der Waals surface area contributed by atoms with E-state index in [0.717, 1.165) is 5.69 Å². The summed E-state index contributed by atoms with van der Waals surface area (Å²) in [5.41, 5.74) is 1.80. The highest BCUT2D eigenvalue weighted by Crippen LogP contribution is 2.32. The Kier molecular flexibility index (Phi) is 6.16. The van der Waals surface area contributed by atoms with Gasteiger partial charge in [-0.2, -0.15) is 18.3 Å². The lowest BCUT2D eigenvalue weighted by Gasteiger charge is -2.36. The van der Waals surface area contributed by atoms with E-state index in [9.17, 15) is 18.0 Å². The van der Waals surface area contributed by atoms with E-state index in [4.69, 9.17) is 0 Å². The predicted octanol–water partition coefficient (Wildman–Crippen LogP) is 2.59. The molecule has 0 spiro atoms. The Labute approximate surface area is 168 Å². The van der Waals surface area contributed by atoms with Gasteiger partial charge in [0.25, 0.3) is 0 Å². The van der Waals surface area contributed by atoms with E-state index < -0.39 is 11.9 Å². The predicted molar refractivity (Wildman–Crippen MR) is 105 cm³/mol. The smallest absolute Gasteiger partial charge is 0.368 e. The first-order chi connectivity index (χ1) is 13.7. The largest absolute Gasteiger partial charge is 0.435 e. The van der Waals surface area contributed by atoms with Gasteiger partial charge in [0.2, 0.25) is 5.91 Å². The monoisotopic (exact) mass is 409 g/mol. The summed E-state index contributed by atoms with van der Waals surface area (Å²) in [6.45, 7) is 5.87. The minimum atomic E-state index is -4.54. The molecule has 6 nitrogen and oxygen atoms in total.